The zero-order valence-electron chi connectivity index (χ0n) is 12.6. The van der Waals surface area contributed by atoms with Crippen molar-refractivity contribution in [1.29, 1.82) is 5.41 Å². The third kappa shape index (κ3) is 3.71. The third-order valence-corrected chi connectivity index (χ3v) is 3.37. The molecule has 0 fully saturated rings. The summed E-state index contributed by atoms with van der Waals surface area (Å²) in [6.07, 6.45) is 0.750. The summed E-state index contributed by atoms with van der Waals surface area (Å²) in [6, 6.07) is 10.9. The number of isocyanates is 1. The predicted molar refractivity (Wildman–Crippen MR) is 83.9 cm³/mol. The molecular formula is C17H13FN2O4. The maximum Gasteiger partial charge on any atom is 0.310 e. The van der Waals surface area contributed by atoms with E-state index in [0.29, 0.717) is 28.1 Å². The quantitative estimate of drug-likeness (QED) is 0.563. The molecule has 0 aliphatic carbocycles. The smallest absolute Gasteiger partial charge is 0.310 e. The number of hydrogen-bond donors (Lipinski definition) is 2. The van der Waals surface area contributed by atoms with Gasteiger partial charge in [-0.05, 0) is 48.9 Å². The summed E-state index contributed by atoms with van der Waals surface area (Å²) in [5.41, 5.74) is 2.48. The van der Waals surface area contributed by atoms with Crippen molar-refractivity contribution in [2.75, 3.05) is 0 Å². The second-order valence-corrected chi connectivity index (χ2v) is 4.92. The molecule has 2 N–H and O–H groups in total. The SMILES string of the molecule is C[C@H](C(=O)O)c1ccc2oc(-c3ccc(F)cc3)nc2c1.N=C=O. The number of hydrogen-bond acceptors (Lipinski definition) is 5. The minimum atomic E-state index is -0.892. The lowest BCUT2D eigenvalue weighted by atomic mass is 10.0. The number of carboxylic acid groups (broad SMARTS) is 1. The van der Waals surface area contributed by atoms with Crippen LogP contribution in [0.3, 0.4) is 0 Å². The van der Waals surface area contributed by atoms with Crippen LogP contribution in [0, 0.1) is 11.2 Å². The Morgan fingerprint density at radius 1 is 1.29 bits per heavy atom. The Morgan fingerprint density at radius 3 is 2.50 bits per heavy atom. The Kier molecular flexibility index (Phi) is 5.19. The van der Waals surface area contributed by atoms with Crippen molar-refractivity contribution in [2.24, 2.45) is 0 Å². The van der Waals surface area contributed by atoms with Gasteiger partial charge in [-0.25, -0.2) is 19.6 Å². The molecular weight excluding hydrogens is 315 g/mol. The number of aromatic nitrogens is 1. The van der Waals surface area contributed by atoms with E-state index < -0.39 is 11.9 Å². The van der Waals surface area contributed by atoms with Gasteiger partial charge in [-0.2, -0.15) is 0 Å². The van der Waals surface area contributed by atoms with E-state index >= 15 is 0 Å². The second kappa shape index (κ2) is 7.30. The third-order valence-electron chi connectivity index (χ3n) is 3.37. The molecule has 2 aromatic carbocycles. The monoisotopic (exact) mass is 328 g/mol. The number of nitrogens with zero attached hydrogens (tertiary/aromatic N) is 1. The van der Waals surface area contributed by atoms with Gasteiger partial charge in [0.15, 0.2) is 5.58 Å². The summed E-state index contributed by atoms with van der Waals surface area (Å²) in [5, 5.41) is 14.4. The Balaban J connectivity index is 0.000000647. The Labute approximate surface area is 136 Å². The molecule has 24 heavy (non-hydrogen) atoms. The fraction of sp³-hybridized carbons (Fsp3) is 0.118. The van der Waals surface area contributed by atoms with E-state index in [0.717, 1.165) is 6.08 Å². The molecule has 0 amide bonds. The molecule has 3 rings (SSSR count). The fourth-order valence-electron chi connectivity index (χ4n) is 2.07. The maximum absolute atomic E-state index is 12.9. The number of carbonyl (C=O) groups is 1. The van der Waals surface area contributed by atoms with E-state index in [4.69, 9.17) is 19.7 Å². The zero-order chi connectivity index (χ0) is 17.7. The van der Waals surface area contributed by atoms with Crippen LogP contribution in [0.2, 0.25) is 0 Å². The van der Waals surface area contributed by atoms with E-state index in [2.05, 4.69) is 4.98 Å². The average Bonchev–Trinajstić information content (AvgIpc) is 2.98. The highest BCUT2D eigenvalue weighted by molar-refractivity contribution is 5.81. The molecule has 0 unspecified atom stereocenters. The van der Waals surface area contributed by atoms with E-state index in [1.54, 1.807) is 37.3 Å². The first kappa shape index (κ1) is 17.1. The van der Waals surface area contributed by atoms with Crippen LogP contribution < -0.4 is 0 Å². The van der Waals surface area contributed by atoms with Gasteiger partial charge in [0.1, 0.15) is 11.3 Å². The zero-order valence-corrected chi connectivity index (χ0v) is 12.6. The number of oxazole rings is 1. The largest absolute Gasteiger partial charge is 0.481 e. The number of benzene rings is 2. The molecule has 0 aliphatic heterocycles. The van der Waals surface area contributed by atoms with E-state index in [9.17, 15) is 9.18 Å². The second-order valence-electron chi connectivity index (χ2n) is 4.92. The van der Waals surface area contributed by atoms with Crippen LogP contribution in [0.5, 0.6) is 0 Å². The molecule has 0 saturated carbocycles. The molecule has 7 heteroatoms. The number of halogens is 1. The highest BCUT2D eigenvalue weighted by Crippen LogP contribution is 2.27. The summed E-state index contributed by atoms with van der Waals surface area (Å²) in [7, 11) is 0. The normalized spacial score (nSPS) is 11.2. The number of aliphatic carboxylic acids is 1. The van der Waals surface area contributed by atoms with Gasteiger partial charge in [-0.1, -0.05) is 6.07 Å². The molecule has 1 aromatic heterocycles. The predicted octanol–water partition coefficient (Wildman–Crippen LogP) is 3.72. The first-order valence-electron chi connectivity index (χ1n) is 6.89. The number of fused-ring (bicyclic) bond motifs is 1. The summed E-state index contributed by atoms with van der Waals surface area (Å²) in [6.45, 7) is 1.62. The molecule has 0 bridgehead atoms. The molecule has 122 valence electrons. The first-order valence-corrected chi connectivity index (χ1v) is 6.89. The van der Waals surface area contributed by atoms with Crippen molar-refractivity contribution in [2.45, 2.75) is 12.8 Å². The van der Waals surface area contributed by atoms with Crippen molar-refractivity contribution < 1.29 is 23.5 Å². The number of carboxylic acids is 1. The Morgan fingerprint density at radius 2 is 1.92 bits per heavy atom. The standard InChI is InChI=1S/C16H12FNO3.CHNO/c1-9(16(19)20)11-4-7-14-13(8-11)18-15(21-14)10-2-5-12(17)6-3-10;2-1-3/h2-9H,1H3,(H,19,20);2H/t9-;/m0./s1. The summed E-state index contributed by atoms with van der Waals surface area (Å²) >= 11 is 0. The molecule has 0 saturated heterocycles. The molecule has 3 aromatic rings. The van der Waals surface area contributed by atoms with Gasteiger partial charge >= 0.3 is 5.97 Å². The van der Waals surface area contributed by atoms with E-state index in [-0.39, 0.29) is 5.82 Å². The van der Waals surface area contributed by atoms with Gasteiger partial charge in [-0.15, -0.1) is 0 Å². The highest BCUT2D eigenvalue weighted by Gasteiger charge is 2.16. The van der Waals surface area contributed by atoms with Crippen molar-refractivity contribution >= 4 is 23.1 Å². The molecule has 1 atom stereocenters. The minimum absolute atomic E-state index is 0.326. The number of rotatable bonds is 3. The summed E-state index contributed by atoms with van der Waals surface area (Å²) in [5.74, 6) is -1.45. The highest BCUT2D eigenvalue weighted by atomic mass is 19.1. The van der Waals surface area contributed by atoms with Gasteiger partial charge in [0.2, 0.25) is 12.0 Å². The molecule has 0 aliphatic rings. The fourth-order valence-corrected chi connectivity index (χ4v) is 2.07. The number of nitrogens with one attached hydrogen (secondary N) is 1. The van der Waals surface area contributed by atoms with Gasteiger partial charge < -0.3 is 9.52 Å². The van der Waals surface area contributed by atoms with Gasteiger partial charge in [0.05, 0.1) is 5.92 Å². The lowest BCUT2D eigenvalue weighted by Gasteiger charge is -2.04. The van der Waals surface area contributed by atoms with Crippen LogP contribution in [0.1, 0.15) is 18.4 Å². The average molecular weight is 328 g/mol. The number of carbonyl (C=O) groups excluding carboxylic acids is 1. The van der Waals surface area contributed by atoms with Gasteiger partial charge in [0, 0.05) is 5.56 Å². The van der Waals surface area contributed by atoms with Gasteiger partial charge in [0.25, 0.3) is 0 Å². The molecule has 6 nitrogen and oxygen atoms in total. The minimum Gasteiger partial charge on any atom is -0.481 e. The summed E-state index contributed by atoms with van der Waals surface area (Å²) in [4.78, 5) is 23.7. The van der Waals surface area contributed by atoms with Gasteiger partial charge in [-0.3, -0.25) is 4.79 Å². The lowest BCUT2D eigenvalue weighted by Crippen LogP contribution is -2.06. The van der Waals surface area contributed by atoms with E-state index in [1.807, 2.05) is 0 Å². The van der Waals surface area contributed by atoms with Crippen molar-refractivity contribution in [3.05, 3.63) is 53.8 Å². The van der Waals surface area contributed by atoms with Crippen LogP contribution in [0.15, 0.2) is 46.9 Å². The Hall–Kier alpha value is -3.31. The van der Waals surface area contributed by atoms with Crippen LogP contribution in [0.4, 0.5) is 4.39 Å². The molecule has 1 heterocycles. The van der Waals surface area contributed by atoms with Crippen LogP contribution >= 0.6 is 0 Å². The topological polar surface area (TPSA) is 104 Å². The Bertz CT molecular complexity index is 897. The van der Waals surface area contributed by atoms with Crippen LogP contribution in [-0.2, 0) is 9.59 Å². The van der Waals surface area contributed by atoms with E-state index in [1.165, 1.54) is 12.1 Å². The maximum atomic E-state index is 12.9. The van der Waals surface area contributed by atoms with Crippen molar-refractivity contribution in [3.63, 3.8) is 0 Å². The van der Waals surface area contributed by atoms with Crippen molar-refractivity contribution in [1.82, 2.24) is 4.98 Å². The van der Waals surface area contributed by atoms with Crippen LogP contribution in [0.25, 0.3) is 22.6 Å². The lowest BCUT2D eigenvalue weighted by molar-refractivity contribution is -0.138. The summed E-state index contributed by atoms with van der Waals surface area (Å²) < 4.78 is 18.5. The molecule has 0 spiro atoms. The first-order chi connectivity index (χ1) is 11.5. The van der Waals surface area contributed by atoms with Crippen molar-refractivity contribution in [3.8, 4) is 11.5 Å². The molecule has 0 radical (unpaired) electrons. The van der Waals surface area contributed by atoms with Crippen LogP contribution in [-0.4, -0.2) is 22.1 Å².